The largest absolute Gasteiger partial charge is 0.378 e. The highest BCUT2D eigenvalue weighted by atomic mass is 16.5. The second-order valence-electron chi connectivity index (χ2n) is 4.73. The number of hydrogen-bond acceptors (Lipinski definition) is 3. The van der Waals surface area contributed by atoms with Gasteiger partial charge in [0.1, 0.15) is 0 Å². The first kappa shape index (κ1) is 13.5. The number of carbonyl (C=O) groups is 1. The average molecular weight is 228 g/mol. The molecular weight excluding hydrogens is 204 g/mol. The molecule has 1 heterocycles. The third-order valence-electron chi connectivity index (χ3n) is 3.25. The lowest BCUT2D eigenvalue weighted by atomic mass is 9.99. The van der Waals surface area contributed by atoms with Crippen molar-refractivity contribution >= 4 is 5.91 Å². The van der Waals surface area contributed by atoms with Gasteiger partial charge >= 0.3 is 0 Å². The summed E-state index contributed by atoms with van der Waals surface area (Å²) in [6.45, 7) is 5.80. The molecular formula is C12H24N2O2. The van der Waals surface area contributed by atoms with Gasteiger partial charge in [0.25, 0.3) is 0 Å². The average Bonchev–Trinajstić information content (AvgIpc) is 2.71. The second-order valence-corrected chi connectivity index (χ2v) is 4.73. The van der Waals surface area contributed by atoms with Gasteiger partial charge in [0.05, 0.1) is 12.1 Å². The fourth-order valence-electron chi connectivity index (χ4n) is 2.18. The summed E-state index contributed by atoms with van der Waals surface area (Å²) in [5.74, 6) is 0.689. The van der Waals surface area contributed by atoms with E-state index in [2.05, 4.69) is 12.2 Å². The molecule has 0 saturated carbocycles. The summed E-state index contributed by atoms with van der Waals surface area (Å²) in [5.41, 5.74) is 0. The Morgan fingerprint density at radius 3 is 2.81 bits per heavy atom. The standard InChI is InChI=1S/C12H24N2O2/c1-5-11-10(6-7-16-11)8-13-9(2)12(15)14(3)4/h9-11,13H,5-8H2,1-4H3. The molecule has 4 heteroatoms. The second kappa shape index (κ2) is 6.21. The number of nitrogens with zero attached hydrogens (tertiary/aromatic N) is 1. The maximum atomic E-state index is 11.6. The lowest BCUT2D eigenvalue weighted by molar-refractivity contribution is -0.130. The number of carbonyl (C=O) groups excluding carboxylic acids is 1. The molecule has 1 saturated heterocycles. The van der Waals surface area contributed by atoms with E-state index in [0.29, 0.717) is 12.0 Å². The molecule has 0 aromatic rings. The van der Waals surface area contributed by atoms with Crippen LogP contribution < -0.4 is 5.32 Å². The number of likely N-dealkylation sites (N-methyl/N-ethyl adjacent to an activating group) is 1. The highest BCUT2D eigenvalue weighted by molar-refractivity contribution is 5.80. The summed E-state index contributed by atoms with van der Waals surface area (Å²) >= 11 is 0. The van der Waals surface area contributed by atoms with Gasteiger partial charge in [-0.25, -0.2) is 0 Å². The molecule has 1 aliphatic heterocycles. The van der Waals surface area contributed by atoms with E-state index in [4.69, 9.17) is 4.74 Å². The van der Waals surface area contributed by atoms with Gasteiger partial charge in [0.15, 0.2) is 0 Å². The van der Waals surface area contributed by atoms with Gasteiger partial charge in [-0.05, 0) is 25.7 Å². The first-order chi connectivity index (χ1) is 7.56. The molecule has 4 nitrogen and oxygen atoms in total. The van der Waals surface area contributed by atoms with Gasteiger partial charge in [0, 0.05) is 27.2 Å². The number of hydrogen-bond donors (Lipinski definition) is 1. The van der Waals surface area contributed by atoms with Gasteiger partial charge in [-0.15, -0.1) is 0 Å². The van der Waals surface area contributed by atoms with E-state index in [0.717, 1.165) is 26.0 Å². The Kier molecular flexibility index (Phi) is 5.22. The smallest absolute Gasteiger partial charge is 0.238 e. The predicted molar refractivity (Wildman–Crippen MR) is 64.3 cm³/mol. The molecule has 1 aliphatic rings. The maximum absolute atomic E-state index is 11.6. The van der Waals surface area contributed by atoms with E-state index in [9.17, 15) is 4.79 Å². The van der Waals surface area contributed by atoms with Gasteiger partial charge in [0.2, 0.25) is 5.91 Å². The summed E-state index contributed by atoms with van der Waals surface area (Å²) in [4.78, 5) is 13.3. The SMILES string of the molecule is CCC1OCCC1CNC(C)C(=O)N(C)C. The third-order valence-corrected chi connectivity index (χ3v) is 3.25. The van der Waals surface area contributed by atoms with E-state index in [1.54, 1.807) is 19.0 Å². The van der Waals surface area contributed by atoms with Crippen LogP contribution in [-0.2, 0) is 9.53 Å². The van der Waals surface area contributed by atoms with E-state index >= 15 is 0 Å². The number of amides is 1. The zero-order valence-corrected chi connectivity index (χ0v) is 10.8. The molecule has 0 aromatic carbocycles. The van der Waals surface area contributed by atoms with Crippen LogP contribution in [0.5, 0.6) is 0 Å². The van der Waals surface area contributed by atoms with Crippen LogP contribution in [0.4, 0.5) is 0 Å². The molecule has 16 heavy (non-hydrogen) atoms. The number of rotatable bonds is 5. The molecule has 0 spiro atoms. The van der Waals surface area contributed by atoms with Gasteiger partial charge in [-0.3, -0.25) is 4.79 Å². The van der Waals surface area contributed by atoms with Gasteiger partial charge in [-0.1, -0.05) is 6.92 Å². The molecule has 3 atom stereocenters. The number of ether oxygens (including phenoxy) is 1. The van der Waals surface area contributed by atoms with Crippen LogP contribution in [0.1, 0.15) is 26.7 Å². The van der Waals surface area contributed by atoms with Crippen LogP contribution in [-0.4, -0.2) is 50.2 Å². The highest BCUT2D eigenvalue weighted by Crippen LogP contribution is 2.22. The van der Waals surface area contributed by atoms with Crippen LogP contribution in [0.2, 0.25) is 0 Å². The monoisotopic (exact) mass is 228 g/mol. The molecule has 1 amide bonds. The van der Waals surface area contributed by atoms with Crippen LogP contribution in [0.3, 0.4) is 0 Å². The van der Waals surface area contributed by atoms with Crippen molar-refractivity contribution < 1.29 is 9.53 Å². The normalized spacial score (nSPS) is 26.8. The van der Waals surface area contributed by atoms with Crippen molar-refractivity contribution in [1.29, 1.82) is 0 Å². The predicted octanol–water partition coefficient (Wildman–Crippen LogP) is 0.868. The third kappa shape index (κ3) is 3.46. The Hall–Kier alpha value is -0.610. The van der Waals surface area contributed by atoms with Crippen LogP contribution in [0.25, 0.3) is 0 Å². The Morgan fingerprint density at radius 2 is 2.25 bits per heavy atom. The molecule has 0 radical (unpaired) electrons. The molecule has 1 N–H and O–H groups in total. The molecule has 0 aromatic heterocycles. The highest BCUT2D eigenvalue weighted by Gasteiger charge is 2.27. The van der Waals surface area contributed by atoms with Crippen LogP contribution >= 0.6 is 0 Å². The topological polar surface area (TPSA) is 41.6 Å². The first-order valence-electron chi connectivity index (χ1n) is 6.12. The zero-order chi connectivity index (χ0) is 12.1. The summed E-state index contributed by atoms with van der Waals surface area (Å²) in [7, 11) is 3.57. The van der Waals surface area contributed by atoms with E-state index in [-0.39, 0.29) is 11.9 Å². The molecule has 0 aliphatic carbocycles. The van der Waals surface area contributed by atoms with E-state index in [1.807, 2.05) is 6.92 Å². The Morgan fingerprint density at radius 1 is 1.56 bits per heavy atom. The lowest BCUT2D eigenvalue weighted by Gasteiger charge is -2.22. The molecule has 1 fully saturated rings. The van der Waals surface area contributed by atoms with Crippen LogP contribution in [0, 0.1) is 5.92 Å². The maximum Gasteiger partial charge on any atom is 0.238 e. The van der Waals surface area contributed by atoms with E-state index in [1.165, 1.54) is 0 Å². The zero-order valence-electron chi connectivity index (χ0n) is 10.8. The van der Waals surface area contributed by atoms with Crippen LogP contribution in [0.15, 0.2) is 0 Å². The van der Waals surface area contributed by atoms with Crippen molar-refractivity contribution in [1.82, 2.24) is 10.2 Å². The Bertz CT molecular complexity index is 231. The fourth-order valence-corrected chi connectivity index (χ4v) is 2.18. The quantitative estimate of drug-likeness (QED) is 0.759. The minimum absolute atomic E-state index is 0.104. The van der Waals surface area contributed by atoms with Crippen molar-refractivity contribution in [2.24, 2.45) is 5.92 Å². The Labute approximate surface area is 98.3 Å². The summed E-state index contributed by atoms with van der Waals surface area (Å²) < 4.78 is 5.62. The van der Waals surface area contributed by atoms with E-state index < -0.39 is 0 Å². The van der Waals surface area contributed by atoms with Crippen molar-refractivity contribution in [3.63, 3.8) is 0 Å². The lowest BCUT2D eigenvalue weighted by Crippen LogP contribution is -2.44. The Balaban J connectivity index is 2.31. The molecule has 3 unspecified atom stereocenters. The van der Waals surface area contributed by atoms with Crippen molar-refractivity contribution in [2.75, 3.05) is 27.2 Å². The number of nitrogens with one attached hydrogen (secondary N) is 1. The minimum Gasteiger partial charge on any atom is -0.378 e. The summed E-state index contributed by atoms with van der Waals surface area (Å²) in [6.07, 6.45) is 2.53. The molecule has 1 rings (SSSR count). The van der Waals surface area contributed by atoms with Crippen molar-refractivity contribution in [3.05, 3.63) is 0 Å². The summed E-state index contributed by atoms with van der Waals surface area (Å²) in [6, 6.07) is -0.104. The van der Waals surface area contributed by atoms with Gasteiger partial charge < -0.3 is 15.0 Å². The molecule has 94 valence electrons. The fraction of sp³-hybridized carbons (Fsp3) is 0.917. The van der Waals surface area contributed by atoms with Gasteiger partial charge in [-0.2, -0.15) is 0 Å². The van der Waals surface area contributed by atoms with Crippen molar-refractivity contribution in [2.45, 2.75) is 38.8 Å². The summed E-state index contributed by atoms with van der Waals surface area (Å²) in [5, 5.41) is 3.30. The first-order valence-corrected chi connectivity index (χ1v) is 6.12. The molecule has 0 bridgehead atoms. The minimum atomic E-state index is -0.104. The van der Waals surface area contributed by atoms with Crippen molar-refractivity contribution in [3.8, 4) is 0 Å².